The smallest absolute Gasteiger partial charge is 0.320 e. The summed E-state index contributed by atoms with van der Waals surface area (Å²) >= 11 is 0. The number of nitrogens with one attached hydrogen (secondary N) is 2. The molecule has 0 saturated carbocycles. The minimum absolute atomic E-state index is 0.0225. The first-order valence-electron chi connectivity index (χ1n) is 7.85. The molecule has 0 radical (unpaired) electrons. The summed E-state index contributed by atoms with van der Waals surface area (Å²) in [6, 6.07) is 11.0. The van der Waals surface area contributed by atoms with E-state index in [1.165, 1.54) is 14.1 Å². The van der Waals surface area contributed by atoms with Crippen LogP contribution in [0, 0.1) is 0 Å². The van der Waals surface area contributed by atoms with Crippen molar-refractivity contribution in [3.63, 3.8) is 0 Å². The first-order valence-corrected chi connectivity index (χ1v) is 9.45. The van der Waals surface area contributed by atoms with Crippen LogP contribution in [0.2, 0.25) is 0 Å². The van der Waals surface area contributed by atoms with Gasteiger partial charge in [-0.3, -0.25) is 5.32 Å². The number of sulfonamides is 1. The molecular weight excluding hydrogens is 342 g/mol. The summed E-state index contributed by atoms with van der Waals surface area (Å²) in [6.07, 6.45) is 1.60. The highest BCUT2D eigenvalue weighted by molar-refractivity contribution is 7.89. The highest BCUT2D eigenvalue weighted by atomic mass is 32.2. The molecule has 2 amide bonds. The van der Waals surface area contributed by atoms with Gasteiger partial charge in [0.1, 0.15) is 5.82 Å². The Morgan fingerprint density at radius 3 is 2.56 bits per heavy atom. The van der Waals surface area contributed by atoms with Crippen LogP contribution in [0.15, 0.2) is 42.6 Å². The Balaban J connectivity index is 1.96. The number of carbonyl (C=O) groups is 1. The number of urea groups is 1. The molecule has 1 heterocycles. The molecule has 1 aromatic carbocycles. The third kappa shape index (κ3) is 5.04. The van der Waals surface area contributed by atoms with E-state index in [0.717, 1.165) is 9.87 Å². The number of benzene rings is 1. The third-order valence-corrected chi connectivity index (χ3v) is 5.60. The summed E-state index contributed by atoms with van der Waals surface area (Å²) in [5.74, 6) is 0.372. The fourth-order valence-electron chi connectivity index (χ4n) is 2.23. The lowest BCUT2D eigenvalue weighted by molar-refractivity contribution is 0.252. The number of aromatic nitrogens is 2. The van der Waals surface area contributed by atoms with Gasteiger partial charge in [-0.25, -0.2) is 22.2 Å². The molecule has 0 spiro atoms. The van der Waals surface area contributed by atoms with E-state index < -0.39 is 16.1 Å². The monoisotopic (exact) mass is 365 g/mol. The molecule has 0 saturated heterocycles. The molecule has 25 heavy (non-hydrogen) atoms. The Labute approximate surface area is 147 Å². The Bertz CT molecular complexity index is 802. The van der Waals surface area contributed by atoms with Gasteiger partial charge in [0, 0.05) is 26.7 Å². The fourth-order valence-corrected chi connectivity index (χ4v) is 2.96. The number of anilines is 1. The molecule has 0 aliphatic carbocycles. The van der Waals surface area contributed by atoms with E-state index >= 15 is 0 Å². The number of nitrogens with zero attached hydrogens (tertiary/aromatic N) is 3. The lowest BCUT2D eigenvalue weighted by Crippen LogP contribution is -2.36. The van der Waals surface area contributed by atoms with Gasteiger partial charge in [0.15, 0.2) is 0 Å². The molecule has 0 unspecified atom stereocenters. The van der Waals surface area contributed by atoms with Gasteiger partial charge in [-0.1, -0.05) is 30.3 Å². The number of rotatable bonds is 7. The van der Waals surface area contributed by atoms with Crippen LogP contribution in [-0.2, 0) is 10.0 Å². The minimum atomic E-state index is -3.34. The molecule has 136 valence electrons. The minimum Gasteiger partial charge on any atom is -0.337 e. The van der Waals surface area contributed by atoms with Crippen LogP contribution in [0.4, 0.5) is 10.6 Å². The fraction of sp³-hybridized carbons (Fsp3) is 0.375. The van der Waals surface area contributed by atoms with E-state index in [0.29, 0.717) is 5.82 Å². The second-order valence-electron chi connectivity index (χ2n) is 5.73. The van der Waals surface area contributed by atoms with E-state index in [1.54, 1.807) is 16.9 Å². The lowest BCUT2D eigenvalue weighted by atomic mass is 10.1. The standard InChI is InChI=1S/C16H23N5O3S/c1-13(14-7-5-4-6-8-14)21-15(9-10-18-21)19-16(22)17-11-12-25(23,24)20(2)3/h4-10,13H,11-12H2,1-3H3,(H2,17,19,22)/t13-/m1/s1. The zero-order chi connectivity index (χ0) is 18.4. The average Bonchev–Trinajstić information content (AvgIpc) is 3.02. The highest BCUT2D eigenvalue weighted by Gasteiger charge is 2.16. The van der Waals surface area contributed by atoms with Crippen molar-refractivity contribution in [1.82, 2.24) is 19.4 Å². The molecule has 0 fully saturated rings. The summed E-state index contributed by atoms with van der Waals surface area (Å²) < 4.78 is 26.2. The third-order valence-electron chi connectivity index (χ3n) is 3.76. The van der Waals surface area contributed by atoms with Crippen molar-refractivity contribution in [2.45, 2.75) is 13.0 Å². The topological polar surface area (TPSA) is 96.3 Å². The normalized spacial score (nSPS) is 12.8. The molecule has 9 heteroatoms. The summed E-state index contributed by atoms with van der Waals surface area (Å²) in [6.45, 7) is 2.00. The zero-order valence-electron chi connectivity index (χ0n) is 14.5. The van der Waals surface area contributed by atoms with Gasteiger partial charge in [-0.2, -0.15) is 5.10 Å². The maximum absolute atomic E-state index is 12.0. The zero-order valence-corrected chi connectivity index (χ0v) is 15.3. The Hall–Kier alpha value is -2.39. The van der Waals surface area contributed by atoms with Gasteiger partial charge in [0.25, 0.3) is 0 Å². The first-order chi connectivity index (χ1) is 11.8. The summed E-state index contributed by atoms with van der Waals surface area (Å²) in [4.78, 5) is 12.0. The lowest BCUT2D eigenvalue weighted by Gasteiger charge is -2.17. The number of hydrogen-bond acceptors (Lipinski definition) is 4. The average molecular weight is 365 g/mol. The van der Waals surface area contributed by atoms with Crippen molar-refractivity contribution in [3.8, 4) is 0 Å². The first kappa shape index (κ1) is 18.9. The molecule has 2 aromatic rings. The van der Waals surface area contributed by atoms with Gasteiger partial charge in [0.05, 0.1) is 18.0 Å². The van der Waals surface area contributed by atoms with Crippen molar-refractivity contribution < 1.29 is 13.2 Å². The Morgan fingerprint density at radius 2 is 1.92 bits per heavy atom. The van der Waals surface area contributed by atoms with Crippen LogP contribution in [-0.4, -0.2) is 54.9 Å². The molecule has 1 atom stereocenters. The predicted molar refractivity (Wildman–Crippen MR) is 97.0 cm³/mol. The molecule has 2 N–H and O–H groups in total. The van der Waals surface area contributed by atoms with Crippen LogP contribution in [0.3, 0.4) is 0 Å². The molecule has 0 aliphatic heterocycles. The molecule has 0 aliphatic rings. The van der Waals surface area contributed by atoms with E-state index in [9.17, 15) is 13.2 Å². The van der Waals surface area contributed by atoms with Gasteiger partial charge in [-0.05, 0) is 12.5 Å². The molecule has 8 nitrogen and oxygen atoms in total. The van der Waals surface area contributed by atoms with Gasteiger partial charge in [0.2, 0.25) is 10.0 Å². The maximum atomic E-state index is 12.0. The molecule has 0 bridgehead atoms. The Kier molecular flexibility index (Phi) is 6.16. The van der Waals surface area contributed by atoms with Crippen molar-refractivity contribution in [2.75, 3.05) is 31.7 Å². The van der Waals surface area contributed by atoms with Gasteiger partial charge < -0.3 is 5.32 Å². The number of carbonyl (C=O) groups excluding carboxylic acids is 1. The summed E-state index contributed by atoms with van der Waals surface area (Å²) in [5, 5.41) is 9.50. The molecular formula is C16H23N5O3S. The second-order valence-corrected chi connectivity index (χ2v) is 8.03. The van der Waals surface area contributed by atoms with E-state index in [2.05, 4.69) is 15.7 Å². The van der Waals surface area contributed by atoms with Crippen molar-refractivity contribution in [2.24, 2.45) is 0 Å². The van der Waals surface area contributed by atoms with Crippen LogP contribution in [0.5, 0.6) is 0 Å². The Morgan fingerprint density at radius 1 is 1.24 bits per heavy atom. The number of hydrogen-bond donors (Lipinski definition) is 2. The maximum Gasteiger partial charge on any atom is 0.320 e. The van der Waals surface area contributed by atoms with E-state index in [-0.39, 0.29) is 18.3 Å². The number of amides is 2. The highest BCUT2D eigenvalue weighted by Crippen LogP contribution is 2.21. The second kappa shape index (κ2) is 8.13. The SMILES string of the molecule is C[C@H](c1ccccc1)n1nccc1NC(=O)NCCS(=O)(=O)N(C)C. The van der Waals surface area contributed by atoms with Crippen molar-refractivity contribution >= 4 is 21.9 Å². The van der Waals surface area contributed by atoms with Crippen molar-refractivity contribution in [3.05, 3.63) is 48.2 Å². The molecule has 2 rings (SSSR count). The van der Waals surface area contributed by atoms with Crippen LogP contribution in [0.25, 0.3) is 0 Å². The molecule has 1 aromatic heterocycles. The summed E-state index contributed by atoms with van der Waals surface area (Å²) in [5.41, 5.74) is 1.06. The van der Waals surface area contributed by atoms with E-state index in [4.69, 9.17) is 0 Å². The van der Waals surface area contributed by atoms with Gasteiger partial charge >= 0.3 is 6.03 Å². The van der Waals surface area contributed by atoms with Gasteiger partial charge in [-0.15, -0.1) is 0 Å². The quantitative estimate of drug-likeness (QED) is 0.777. The van der Waals surface area contributed by atoms with E-state index in [1.807, 2.05) is 37.3 Å². The summed E-state index contributed by atoms with van der Waals surface area (Å²) in [7, 11) is -0.426. The van der Waals surface area contributed by atoms with Crippen molar-refractivity contribution in [1.29, 1.82) is 0 Å². The largest absolute Gasteiger partial charge is 0.337 e. The van der Waals surface area contributed by atoms with Crippen LogP contribution in [0.1, 0.15) is 18.5 Å². The van der Waals surface area contributed by atoms with Crippen LogP contribution < -0.4 is 10.6 Å². The van der Waals surface area contributed by atoms with Crippen LogP contribution >= 0.6 is 0 Å². The predicted octanol–water partition coefficient (Wildman–Crippen LogP) is 1.51.